The second-order valence-electron chi connectivity index (χ2n) is 13.1. The smallest absolute Gasteiger partial charge is 0.306 e. The second kappa shape index (κ2) is 40.4. The number of rotatable bonds is 35. The first-order chi connectivity index (χ1) is 25.5. The monoisotopic (exact) mass is 723 g/mol. The Morgan fingerprint density at radius 3 is 1.29 bits per heavy atom. The number of allylic oxidation sites excluding steroid dienone is 14. The van der Waals surface area contributed by atoms with Crippen molar-refractivity contribution in [1.82, 2.24) is 0 Å². The first-order valence-electron chi connectivity index (χ1n) is 20.6. The van der Waals surface area contributed by atoms with E-state index in [4.69, 9.17) is 14.2 Å². The summed E-state index contributed by atoms with van der Waals surface area (Å²) in [6.45, 7) is 6.22. The van der Waals surface area contributed by atoms with E-state index < -0.39 is 6.10 Å². The van der Waals surface area contributed by atoms with Gasteiger partial charge in [-0.05, 0) is 96.3 Å². The molecule has 0 saturated carbocycles. The second-order valence-corrected chi connectivity index (χ2v) is 13.1. The fourth-order valence-corrected chi connectivity index (χ4v) is 5.07. The normalized spacial score (nSPS) is 12.9. The van der Waals surface area contributed by atoms with Crippen molar-refractivity contribution >= 4 is 17.9 Å². The number of ether oxygens (including phenoxy) is 3. The Labute approximate surface area is 318 Å². The molecule has 0 fully saturated rings. The predicted octanol–water partition coefficient (Wildman–Crippen LogP) is 12.9. The molecule has 1 unspecified atom stereocenters. The molecular formula is C46H74O6. The van der Waals surface area contributed by atoms with Crippen LogP contribution in [0.25, 0.3) is 0 Å². The van der Waals surface area contributed by atoms with Crippen molar-refractivity contribution in [3.8, 4) is 0 Å². The maximum atomic E-state index is 12.6. The highest BCUT2D eigenvalue weighted by atomic mass is 16.6. The Kier molecular flexibility index (Phi) is 37.7. The van der Waals surface area contributed by atoms with Crippen LogP contribution in [0.15, 0.2) is 85.1 Å². The molecule has 0 rings (SSSR count). The molecule has 0 aliphatic rings. The lowest BCUT2D eigenvalue weighted by atomic mass is 10.1. The Balaban J connectivity index is 4.56. The van der Waals surface area contributed by atoms with Crippen LogP contribution < -0.4 is 0 Å². The molecule has 0 aromatic heterocycles. The third-order valence-electron chi connectivity index (χ3n) is 8.13. The zero-order valence-electron chi connectivity index (χ0n) is 33.3. The highest BCUT2D eigenvalue weighted by Gasteiger charge is 2.19. The van der Waals surface area contributed by atoms with E-state index >= 15 is 0 Å². The molecule has 0 aromatic rings. The number of carbonyl (C=O) groups is 3. The molecule has 0 saturated heterocycles. The number of carbonyl (C=O) groups excluding carboxylic acids is 3. The average molecular weight is 723 g/mol. The largest absolute Gasteiger partial charge is 0.462 e. The summed E-state index contributed by atoms with van der Waals surface area (Å²) in [5.74, 6) is -1.09. The average Bonchev–Trinajstić information content (AvgIpc) is 3.14. The lowest BCUT2D eigenvalue weighted by Crippen LogP contribution is -2.30. The summed E-state index contributed by atoms with van der Waals surface area (Å²) >= 11 is 0. The van der Waals surface area contributed by atoms with Crippen LogP contribution in [0.5, 0.6) is 0 Å². The fraction of sp³-hybridized carbons (Fsp3) is 0.630. The van der Waals surface area contributed by atoms with Crippen molar-refractivity contribution in [2.75, 3.05) is 13.2 Å². The van der Waals surface area contributed by atoms with Crippen LogP contribution in [0.2, 0.25) is 0 Å². The molecule has 52 heavy (non-hydrogen) atoms. The van der Waals surface area contributed by atoms with Crippen molar-refractivity contribution in [2.45, 2.75) is 175 Å². The Morgan fingerprint density at radius 1 is 0.404 bits per heavy atom. The summed E-state index contributed by atoms with van der Waals surface area (Å²) < 4.78 is 16.5. The summed E-state index contributed by atoms with van der Waals surface area (Å²) in [7, 11) is 0. The van der Waals surface area contributed by atoms with E-state index in [1.165, 1.54) is 38.5 Å². The number of esters is 3. The SMILES string of the molecule is CC/C=C\C/C=C\C/C=C\CCCCC(=O)OC(COC(=O)CC/C=C\C/C=C\CCCCCCCC)COC(=O)CCCC/C=C\C/C=C\CC. The molecule has 294 valence electrons. The molecule has 0 radical (unpaired) electrons. The third kappa shape index (κ3) is 37.8. The third-order valence-corrected chi connectivity index (χ3v) is 8.13. The Bertz CT molecular complexity index is 1060. The molecule has 0 aliphatic heterocycles. The van der Waals surface area contributed by atoms with Crippen molar-refractivity contribution in [2.24, 2.45) is 0 Å². The highest BCUT2D eigenvalue weighted by Crippen LogP contribution is 2.10. The number of hydrogen-bond donors (Lipinski definition) is 0. The van der Waals surface area contributed by atoms with Gasteiger partial charge in [-0.2, -0.15) is 0 Å². The zero-order valence-corrected chi connectivity index (χ0v) is 33.3. The Morgan fingerprint density at radius 2 is 0.788 bits per heavy atom. The van der Waals surface area contributed by atoms with Crippen molar-refractivity contribution in [3.63, 3.8) is 0 Å². The first-order valence-corrected chi connectivity index (χ1v) is 20.6. The van der Waals surface area contributed by atoms with E-state index in [1.807, 2.05) is 6.08 Å². The van der Waals surface area contributed by atoms with Gasteiger partial charge in [0.05, 0.1) is 0 Å². The summed E-state index contributed by atoms with van der Waals surface area (Å²) in [4.78, 5) is 37.5. The summed E-state index contributed by atoms with van der Waals surface area (Å²) in [6.07, 6.45) is 50.3. The molecule has 0 spiro atoms. The van der Waals surface area contributed by atoms with Crippen molar-refractivity contribution in [3.05, 3.63) is 85.1 Å². The van der Waals surface area contributed by atoms with Gasteiger partial charge in [-0.1, -0.05) is 138 Å². The van der Waals surface area contributed by atoms with Crippen LogP contribution in [-0.2, 0) is 28.6 Å². The van der Waals surface area contributed by atoms with Crippen LogP contribution in [0.1, 0.15) is 168 Å². The van der Waals surface area contributed by atoms with E-state index in [2.05, 4.69) is 99.8 Å². The maximum absolute atomic E-state index is 12.6. The molecule has 6 nitrogen and oxygen atoms in total. The fourth-order valence-electron chi connectivity index (χ4n) is 5.07. The quantitative estimate of drug-likeness (QED) is 0.0280. The summed E-state index contributed by atoms with van der Waals surface area (Å²) in [6, 6.07) is 0. The van der Waals surface area contributed by atoms with Gasteiger partial charge in [0.1, 0.15) is 13.2 Å². The maximum Gasteiger partial charge on any atom is 0.306 e. The minimum atomic E-state index is -0.828. The van der Waals surface area contributed by atoms with E-state index in [9.17, 15) is 14.4 Å². The van der Waals surface area contributed by atoms with Gasteiger partial charge in [-0.15, -0.1) is 0 Å². The molecule has 0 heterocycles. The van der Waals surface area contributed by atoms with Crippen LogP contribution in [0, 0.1) is 0 Å². The van der Waals surface area contributed by atoms with Gasteiger partial charge in [0.15, 0.2) is 6.10 Å². The van der Waals surface area contributed by atoms with Gasteiger partial charge in [-0.25, -0.2) is 0 Å². The van der Waals surface area contributed by atoms with Crippen LogP contribution >= 0.6 is 0 Å². The van der Waals surface area contributed by atoms with Gasteiger partial charge in [0, 0.05) is 19.3 Å². The summed E-state index contributed by atoms with van der Waals surface area (Å²) in [5.41, 5.74) is 0. The lowest BCUT2D eigenvalue weighted by Gasteiger charge is -2.18. The van der Waals surface area contributed by atoms with Gasteiger partial charge in [0.2, 0.25) is 0 Å². The molecule has 0 bridgehead atoms. The Hall–Kier alpha value is -3.41. The highest BCUT2D eigenvalue weighted by molar-refractivity contribution is 5.71. The molecule has 1 atom stereocenters. The number of hydrogen-bond acceptors (Lipinski definition) is 6. The van der Waals surface area contributed by atoms with Crippen molar-refractivity contribution < 1.29 is 28.6 Å². The van der Waals surface area contributed by atoms with Gasteiger partial charge < -0.3 is 14.2 Å². The van der Waals surface area contributed by atoms with E-state index in [0.29, 0.717) is 19.3 Å². The van der Waals surface area contributed by atoms with Crippen molar-refractivity contribution in [1.29, 1.82) is 0 Å². The van der Waals surface area contributed by atoms with E-state index in [-0.39, 0.29) is 44.0 Å². The molecule has 0 aromatic carbocycles. The molecule has 0 amide bonds. The van der Waals surface area contributed by atoms with E-state index in [1.54, 1.807) is 0 Å². The predicted molar refractivity (Wildman–Crippen MR) is 219 cm³/mol. The topological polar surface area (TPSA) is 78.9 Å². The van der Waals surface area contributed by atoms with E-state index in [0.717, 1.165) is 77.0 Å². The van der Waals surface area contributed by atoms with Crippen LogP contribution in [0.4, 0.5) is 0 Å². The molecular weight excluding hydrogens is 648 g/mol. The number of unbranched alkanes of at least 4 members (excludes halogenated alkanes) is 10. The first kappa shape index (κ1) is 48.6. The molecule has 0 N–H and O–H groups in total. The molecule has 6 heteroatoms. The minimum Gasteiger partial charge on any atom is -0.462 e. The molecule has 0 aliphatic carbocycles. The van der Waals surface area contributed by atoms with Crippen LogP contribution in [0.3, 0.4) is 0 Å². The van der Waals surface area contributed by atoms with Gasteiger partial charge in [-0.3, -0.25) is 14.4 Å². The van der Waals surface area contributed by atoms with Gasteiger partial charge >= 0.3 is 17.9 Å². The zero-order chi connectivity index (χ0) is 38.0. The van der Waals surface area contributed by atoms with Gasteiger partial charge in [0.25, 0.3) is 0 Å². The minimum absolute atomic E-state index is 0.128. The summed E-state index contributed by atoms with van der Waals surface area (Å²) in [5, 5.41) is 0. The van der Waals surface area contributed by atoms with Crippen LogP contribution in [-0.4, -0.2) is 37.2 Å². The lowest BCUT2D eigenvalue weighted by molar-refractivity contribution is -0.166. The standard InChI is InChI=1S/C46H74O6/c1-4-7-10-13-16-19-21-23-25-27-30-33-36-39-45(48)51-42-43(41-50-44(47)38-35-32-29-26-18-15-12-9-6-3)52-46(49)40-37-34-31-28-24-22-20-17-14-11-8-5-2/h8-9,11-12,17-18,20,23-26,28,30,33,43H,4-7,10,13-16,19,21-22,27,29,31-32,34-42H2,1-3H3/b11-8-,12-9-,20-17-,25-23-,26-18-,28-24-,33-30-.